The molecule has 1 saturated heterocycles. The summed E-state index contributed by atoms with van der Waals surface area (Å²) in [6.07, 6.45) is 1.61. The third-order valence-corrected chi connectivity index (χ3v) is 7.10. The third kappa shape index (κ3) is 4.65. The number of nitrogens with zero attached hydrogens (tertiary/aromatic N) is 1. The fourth-order valence-corrected chi connectivity index (χ4v) is 5.29. The van der Waals surface area contributed by atoms with Gasteiger partial charge in [-0.2, -0.15) is 0 Å². The third-order valence-electron chi connectivity index (χ3n) is 3.52. The van der Waals surface area contributed by atoms with Gasteiger partial charge in [-0.05, 0) is 31.5 Å². The van der Waals surface area contributed by atoms with E-state index >= 15 is 0 Å². The average Bonchev–Trinajstić information content (AvgIpc) is 2.47. The topological polar surface area (TPSA) is 95.6 Å². The lowest BCUT2D eigenvalue weighted by Gasteiger charge is -2.24. The summed E-state index contributed by atoms with van der Waals surface area (Å²) >= 11 is 0. The van der Waals surface area contributed by atoms with Crippen LogP contribution >= 0.6 is 12.4 Å². The minimum absolute atomic E-state index is 0. The number of hydrogen-bond acceptors (Lipinski definition) is 5. The predicted molar refractivity (Wildman–Crippen MR) is 90.8 cm³/mol. The van der Waals surface area contributed by atoms with Crippen LogP contribution in [0.2, 0.25) is 0 Å². The molecule has 2 rings (SSSR count). The molecule has 132 valence electrons. The van der Waals surface area contributed by atoms with Gasteiger partial charge in [0.1, 0.15) is 9.79 Å². The summed E-state index contributed by atoms with van der Waals surface area (Å²) < 4.78 is 53.4. The van der Waals surface area contributed by atoms with Crippen molar-refractivity contribution in [2.45, 2.75) is 28.7 Å². The summed E-state index contributed by atoms with van der Waals surface area (Å²) in [5.41, 5.74) is 0. The van der Waals surface area contributed by atoms with Crippen LogP contribution in [-0.4, -0.2) is 54.4 Å². The second-order valence-electron chi connectivity index (χ2n) is 5.40. The van der Waals surface area contributed by atoms with Gasteiger partial charge >= 0.3 is 0 Å². The van der Waals surface area contributed by atoms with E-state index in [1.165, 1.54) is 38.4 Å². The van der Waals surface area contributed by atoms with Crippen LogP contribution in [0.15, 0.2) is 34.1 Å². The lowest BCUT2D eigenvalue weighted by molar-refractivity contribution is 0.428. The van der Waals surface area contributed by atoms with E-state index in [-0.39, 0.29) is 28.2 Å². The zero-order chi connectivity index (χ0) is 16.4. The highest BCUT2D eigenvalue weighted by Crippen LogP contribution is 2.23. The van der Waals surface area contributed by atoms with Gasteiger partial charge < -0.3 is 5.32 Å². The van der Waals surface area contributed by atoms with Crippen molar-refractivity contribution in [1.82, 2.24) is 14.3 Å². The molecule has 23 heavy (non-hydrogen) atoms. The first kappa shape index (κ1) is 20.3. The highest BCUT2D eigenvalue weighted by molar-refractivity contribution is 7.92. The van der Waals surface area contributed by atoms with Crippen LogP contribution < -0.4 is 10.0 Å². The summed E-state index contributed by atoms with van der Waals surface area (Å²) in [6.45, 7) is 1.41. The lowest BCUT2D eigenvalue weighted by Crippen LogP contribution is -2.45. The monoisotopic (exact) mass is 383 g/mol. The maximum absolute atomic E-state index is 12.6. The van der Waals surface area contributed by atoms with E-state index in [9.17, 15) is 16.8 Å². The number of halogens is 1. The van der Waals surface area contributed by atoms with Crippen LogP contribution in [-0.2, 0) is 20.0 Å². The van der Waals surface area contributed by atoms with E-state index in [2.05, 4.69) is 10.0 Å². The fourth-order valence-electron chi connectivity index (χ4n) is 2.32. The highest BCUT2D eigenvalue weighted by Gasteiger charge is 2.29. The van der Waals surface area contributed by atoms with Crippen molar-refractivity contribution in [3.63, 3.8) is 0 Å². The summed E-state index contributed by atoms with van der Waals surface area (Å²) in [6, 6.07) is 5.42. The minimum atomic E-state index is -3.90. The molecule has 7 nitrogen and oxygen atoms in total. The van der Waals surface area contributed by atoms with Crippen molar-refractivity contribution < 1.29 is 16.8 Å². The highest BCUT2D eigenvalue weighted by atomic mass is 35.5. The Morgan fingerprint density at radius 2 is 1.74 bits per heavy atom. The molecule has 0 spiro atoms. The van der Waals surface area contributed by atoms with Crippen molar-refractivity contribution in [1.29, 1.82) is 0 Å². The van der Waals surface area contributed by atoms with Gasteiger partial charge in [0.15, 0.2) is 0 Å². The van der Waals surface area contributed by atoms with Crippen molar-refractivity contribution in [2.24, 2.45) is 0 Å². The van der Waals surface area contributed by atoms with Gasteiger partial charge in [0, 0.05) is 26.7 Å². The van der Waals surface area contributed by atoms with E-state index in [1.54, 1.807) is 0 Å². The first-order chi connectivity index (χ1) is 10.2. The molecule has 1 atom stereocenters. The molecule has 0 bridgehead atoms. The molecule has 0 aromatic heterocycles. The van der Waals surface area contributed by atoms with Crippen molar-refractivity contribution >= 4 is 32.5 Å². The number of benzene rings is 1. The van der Waals surface area contributed by atoms with Crippen LogP contribution in [0, 0.1) is 0 Å². The molecule has 1 aromatic rings. The first-order valence-corrected chi connectivity index (χ1v) is 9.92. The van der Waals surface area contributed by atoms with E-state index in [0.29, 0.717) is 6.54 Å². The van der Waals surface area contributed by atoms with Gasteiger partial charge in [-0.15, -0.1) is 12.4 Å². The van der Waals surface area contributed by atoms with Crippen LogP contribution in [0.25, 0.3) is 0 Å². The smallest absolute Gasteiger partial charge is 0.243 e. The summed E-state index contributed by atoms with van der Waals surface area (Å²) in [5.74, 6) is 0. The largest absolute Gasteiger partial charge is 0.315 e. The Hall–Kier alpha value is -0.710. The molecular formula is C13H22ClN3O4S2. The quantitative estimate of drug-likeness (QED) is 0.766. The predicted octanol–water partition coefficient (Wildman–Crippen LogP) is 0.389. The Bertz CT molecular complexity index is 729. The average molecular weight is 384 g/mol. The van der Waals surface area contributed by atoms with E-state index < -0.39 is 20.0 Å². The SMILES string of the molecule is CN(C)S(=O)(=O)c1ccccc1S(=O)(=O)NC1CCCNC1.Cl. The van der Waals surface area contributed by atoms with E-state index in [0.717, 1.165) is 23.7 Å². The molecular weight excluding hydrogens is 362 g/mol. The molecule has 1 aromatic carbocycles. The van der Waals surface area contributed by atoms with Gasteiger partial charge in [-0.1, -0.05) is 12.1 Å². The Kier molecular flexibility index (Phi) is 6.99. The van der Waals surface area contributed by atoms with Gasteiger partial charge in [0.25, 0.3) is 0 Å². The first-order valence-electron chi connectivity index (χ1n) is 7.00. The Labute approximate surface area is 144 Å². The number of nitrogens with one attached hydrogen (secondary N) is 2. The summed E-state index contributed by atoms with van der Waals surface area (Å²) in [5, 5.41) is 3.12. The van der Waals surface area contributed by atoms with Crippen molar-refractivity contribution in [3.8, 4) is 0 Å². The minimum Gasteiger partial charge on any atom is -0.315 e. The Morgan fingerprint density at radius 3 is 2.26 bits per heavy atom. The molecule has 2 N–H and O–H groups in total. The normalized spacial score (nSPS) is 19.3. The number of rotatable bonds is 5. The second kappa shape index (κ2) is 7.91. The zero-order valence-electron chi connectivity index (χ0n) is 13.0. The zero-order valence-corrected chi connectivity index (χ0v) is 15.5. The lowest BCUT2D eigenvalue weighted by atomic mass is 10.1. The van der Waals surface area contributed by atoms with Gasteiger partial charge in [0.05, 0.1) is 0 Å². The Balaban J connectivity index is 0.00000264. The van der Waals surface area contributed by atoms with Gasteiger partial charge in [-0.3, -0.25) is 0 Å². The summed E-state index contributed by atoms with van der Waals surface area (Å²) in [4.78, 5) is -0.425. The number of piperidine rings is 1. The number of hydrogen-bond donors (Lipinski definition) is 2. The van der Waals surface area contributed by atoms with Crippen LogP contribution in [0.3, 0.4) is 0 Å². The Morgan fingerprint density at radius 1 is 1.13 bits per heavy atom. The molecule has 1 aliphatic heterocycles. The number of sulfonamides is 2. The van der Waals surface area contributed by atoms with Gasteiger partial charge in [-0.25, -0.2) is 25.9 Å². The molecule has 10 heteroatoms. The van der Waals surface area contributed by atoms with Crippen molar-refractivity contribution in [3.05, 3.63) is 24.3 Å². The van der Waals surface area contributed by atoms with Crippen molar-refractivity contribution in [2.75, 3.05) is 27.2 Å². The molecule has 1 heterocycles. The second-order valence-corrected chi connectivity index (χ2v) is 9.20. The summed E-state index contributed by atoms with van der Waals surface area (Å²) in [7, 11) is -4.99. The van der Waals surface area contributed by atoms with Crippen LogP contribution in [0.5, 0.6) is 0 Å². The molecule has 1 aliphatic rings. The van der Waals surface area contributed by atoms with Crippen LogP contribution in [0.1, 0.15) is 12.8 Å². The van der Waals surface area contributed by atoms with Crippen LogP contribution in [0.4, 0.5) is 0 Å². The molecule has 1 fully saturated rings. The molecule has 0 amide bonds. The van der Waals surface area contributed by atoms with E-state index in [4.69, 9.17) is 0 Å². The van der Waals surface area contributed by atoms with Gasteiger partial charge in [0.2, 0.25) is 20.0 Å². The fraction of sp³-hybridized carbons (Fsp3) is 0.538. The molecule has 0 aliphatic carbocycles. The maximum atomic E-state index is 12.6. The maximum Gasteiger partial charge on any atom is 0.243 e. The molecule has 0 saturated carbocycles. The molecule has 1 unspecified atom stereocenters. The standard InChI is InChI=1S/C13H21N3O4S2.ClH/c1-16(2)22(19,20)13-8-4-3-7-12(13)21(17,18)15-11-6-5-9-14-10-11;/h3-4,7-8,11,14-15H,5-6,9-10H2,1-2H3;1H. The molecule has 0 radical (unpaired) electrons. The van der Waals surface area contributed by atoms with E-state index in [1.807, 2.05) is 0 Å².